The molecule has 7 heteroatoms. The molecule has 0 unspecified atom stereocenters. The zero-order valence-corrected chi connectivity index (χ0v) is 8.97. The van der Waals surface area contributed by atoms with Gasteiger partial charge in [-0.25, -0.2) is 4.79 Å². The monoisotopic (exact) mass is 248 g/mol. The summed E-state index contributed by atoms with van der Waals surface area (Å²) in [6.45, 7) is 2.15. The van der Waals surface area contributed by atoms with Gasteiger partial charge in [0.15, 0.2) is 0 Å². The Morgan fingerprint density at radius 2 is 2.12 bits per heavy atom. The lowest BCUT2D eigenvalue weighted by Gasteiger charge is -2.10. The summed E-state index contributed by atoms with van der Waals surface area (Å²) in [6.07, 6.45) is -4.75. The van der Waals surface area contributed by atoms with Crippen molar-refractivity contribution < 1.29 is 22.7 Å². The van der Waals surface area contributed by atoms with E-state index in [0.29, 0.717) is 6.54 Å². The number of anilines is 1. The first-order chi connectivity index (χ1) is 7.90. The van der Waals surface area contributed by atoms with Crippen LogP contribution in [-0.2, 0) is 0 Å². The van der Waals surface area contributed by atoms with Crippen molar-refractivity contribution in [3.63, 3.8) is 0 Å². The SMILES string of the molecule is CCNC(=O)Nc1cccc(OC(F)(F)F)c1. The maximum absolute atomic E-state index is 11.9. The van der Waals surface area contributed by atoms with Gasteiger partial charge in [0.1, 0.15) is 5.75 Å². The molecule has 0 spiro atoms. The predicted octanol–water partition coefficient (Wildman–Crippen LogP) is 2.73. The number of ether oxygens (including phenoxy) is 1. The molecule has 0 aliphatic carbocycles. The molecule has 0 bridgehead atoms. The number of urea groups is 1. The van der Waals surface area contributed by atoms with Gasteiger partial charge in [0.25, 0.3) is 0 Å². The summed E-state index contributed by atoms with van der Waals surface area (Å²) in [5, 5.41) is 4.82. The molecule has 0 saturated carbocycles. The summed E-state index contributed by atoms with van der Waals surface area (Å²) >= 11 is 0. The number of halogens is 3. The van der Waals surface area contributed by atoms with Crippen LogP contribution in [0.4, 0.5) is 23.7 Å². The zero-order chi connectivity index (χ0) is 12.9. The van der Waals surface area contributed by atoms with E-state index in [1.807, 2.05) is 0 Å². The fourth-order valence-corrected chi connectivity index (χ4v) is 1.11. The maximum Gasteiger partial charge on any atom is 0.573 e. The van der Waals surface area contributed by atoms with Crippen molar-refractivity contribution in [2.24, 2.45) is 0 Å². The fourth-order valence-electron chi connectivity index (χ4n) is 1.11. The second kappa shape index (κ2) is 5.42. The normalized spacial score (nSPS) is 10.8. The van der Waals surface area contributed by atoms with Crippen LogP contribution in [-0.4, -0.2) is 18.9 Å². The Bertz CT molecular complexity index is 393. The summed E-state index contributed by atoms with van der Waals surface area (Å²) in [7, 11) is 0. The molecule has 4 nitrogen and oxygen atoms in total. The van der Waals surface area contributed by atoms with Crippen molar-refractivity contribution >= 4 is 11.7 Å². The minimum Gasteiger partial charge on any atom is -0.406 e. The van der Waals surface area contributed by atoms with Crippen molar-refractivity contribution in [3.8, 4) is 5.75 Å². The molecule has 2 amide bonds. The first kappa shape index (κ1) is 13.1. The highest BCUT2D eigenvalue weighted by Crippen LogP contribution is 2.24. The number of hydrogen-bond acceptors (Lipinski definition) is 2. The van der Waals surface area contributed by atoms with Crippen LogP contribution in [0, 0.1) is 0 Å². The third-order valence-electron chi connectivity index (χ3n) is 1.66. The minimum atomic E-state index is -4.75. The highest BCUT2D eigenvalue weighted by molar-refractivity contribution is 5.89. The lowest BCUT2D eigenvalue weighted by Crippen LogP contribution is -2.28. The van der Waals surface area contributed by atoms with Crippen molar-refractivity contribution in [1.82, 2.24) is 5.32 Å². The lowest BCUT2D eigenvalue weighted by atomic mass is 10.3. The number of carbonyl (C=O) groups excluding carboxylic acids is 1. The van der Waals surface area contributed by atoms with Gasteiger partial charge in [0.05, 0.1) is 0 Å². The third kappa shape index (κ3) is 5.10. The molecule has 0 aromatic heterocycles. The first-order valence-corrected chi connectivity index (χ1v) is 4.81. The van der Waals surface area contributed by atoms with Gasteiger partial charge in [-0.1, -0.05) is 6.07 Å². The van der Waals surface area contributed by atoms with Crippen molar-refractivity contribution in [3.05, 3.63) is 24.3 Å². The molecule has 17 heavy (non-hydrogen) atoms. The largest absolute Gasteiger partial charge is 0.573 e. The standard InChI is InChI=1S/C10H11F3N2O2/c1-2-14-9(16)15-7-4-3-5-8(6-7)17-10(11,12)13/h3-6H,2H2,1H3,(H2,14,15,16). The van der Waals surface area contributed by atoms with Gasteiger partial charge < -0.3 is 15.4 Å². The topological polar surface area (TPSA) is 50.4 Å². The highest BCUT2D eigenvalue weighted by atomic mass is 19.4. The summed E-state index contributed by atoms with van der Waals surface area (Å²) < 4.78 is 39.5. The van der Waals surface area contributed by atoms with E-state index < -0.39 is 12.4 Å². The summed E-state index contributed by atoms with van der Waals surface area (Å²) in [5.41, 5.74) is 0.220. The van der Waals surface area contributed by atoms with Crippen LogP contribution < -0.4 is 15.4 Å². The predicted molar refractivity (Wildman–Crippen MR) is 55.8 cm³/mol. The molecule has 2 N–H and O–H groups in total. The van der Waals surface area contributed by atoms with Crippen LogP contribution >= 0.6 is 0 Å². The summed E-state index contributed by atoms with van der Waals surface area (Å²) in [5.74, 6) is -0.383. The summed E-state index contributed by atoms with van der Waals surface area (Å²) in [6, 6.07) is 4.55. The lowest BCUT2D eigenvalue weighted by molar-refractivity contribution is -0.274. The molecule has 1 aromatic rings. The van der Waals surface area contributed by atoms with E-state index in [9.17, 15) is 18.0 Å². The average molecular weight is 248 g/mol. The molecular weight excluding hydrogens is 237 g/mol. The Kier molecular flexibility index (Phi) is 4.19. The van der Waals surface area contributed by atoms with Crippen molar-refractivity contribution in [2.45, 2.75) is 13.3 Å². The van der Waals surface area contributed by atoms with E-state index in [1.165, 1.54) is 12.1 Å². The van der Waals surface area contributed by atoms with E-state index >= 15 is 0 Å². The quantitative estimate of drug-likeness (QED) is 0.864. The Balaban J connectivity index is 2.69. The van der Waals surface area contributed by atoms with Crippen LogP contribution in [0.1, 0.15) is 6.92 Å². The van der Waals surface area contributed by atoms with E-state index in [1.54, 1.807) is 6.92 Å². The van der Waals surface area contributed by atoms with Crippen LogP contribution in [0.15, 0.2) is 24.3 Å². The van der Waals surface area contributed by atoms with Gasteiger partial charge in [-0.15, -0.1) is 13.2 Å². The van der Waals surface area contributed by atoms with Gasteiger partial charge in [-0.05, 0) is 19.1 Å². The number of rotatable bonds is 3. The van der Waals surface area contributed by atoms with Gasteiger partial charge in [-0.2, -0.15) is 0 Å². The Labute approximate surface area is 95.8 Å². The number of amides is 2. The molecule has 0 saturated heterocycles. The molecule has 0 heterocycles. The smallest absolute Gasteiger partial charge is 0.406 e. The second-order valence-electron chi connectivity index (χ2n) is 3.06. The molecule has 0 aliphatic heterocycles. The molecule has 0 atom stereocenters. The average Bonchev–Trinajstić information content (AvgIpc) is 2.15. The molecule has 0 fully saturated rings. The molecule has 1 rings (SSSR count). The molecular formula is C10H11F3N2O2. The minimum absolute atomic E-state index is 0.220. The number of alkyl halides is 3. The number of hydrogen-bond donors (Lipinski definition) is 2. The van der Waals surface area contributed by atoms with E-state index in [2.05, 4.69) is 15.4 Å². The summed E-state index contributed by atoms with van der Waals surface area (Å²) in [4.78, 5) is 11.1. The van der Waals surface area contributed by atoms with Crippen LogP contribution in [0.25, 0.3) is 0 Å². The molecule has 1 aromatic carbocycles. The second-order valence-corrected chi connectivity index (χ2v) is 3.06. The van der Waals surface area contributed by atoms with E-state index in [0.717, 1.165) is 12.1 Å². The van der Waals surface area contributed by atoms with Crippen LogP contribution in [0.5, 0.6) is 5.75 Å². The first-order valence-electron chi connectivity index (χ1n) is 4.81. The van der Waals surface area contributed by atoms with Crippen molar-refractivity contribution in [2.75, 3.05) is 11.9 Å². The maximum atomic E-state index is 11.9. The zero-order valence-electron chi connectivity index (χ0n) is 8.97. The van der Waals surface area contributed by atoms with Crippen molar-refractivity contribution in [1.29, 1.82) is 0 Å². The number of carbonyl (C=O) groups is 1. The van der Waals surface area contributed by atoms with Gasteiger partial charge >= 0.3 is 12.4 Å². The van der Waals surface area contributed by atoms with Crippen LogP contribution in [0.2, 0.25) is 0 Å². The fraction of sp³-hybridized carbons (Fsp3) is 0.300. The number of benzene rings is 1. The Hall–Kier alpha value is -1.92. The molecule has 0 aliphatic rings. The van der Waals surface area contributed by atoms with Crippen LogP contribution in [0.3, 0.4) is 0 Å². The Morgan fingerprint density at radius 1 is 1.41 bits per heavy atom. The van der Waals surface area contributed by atoms with Gasteiger partial charge in [0.2, 0.25) is 0 Å². The number of nitrogens with one attached hydrogen (secondary N) is 2. The van der Waals surface area contributed by atoms with E-state index in [-0.39, 0.29) is 11.4 Å². The molecule has 94 valence electrons. The molecule has 0 radical (unpaired) electrons. The van der Waals surface area contributed by atoms with Gasteiger partial charge in [0, 0.05) is 18.3 Å². The highest BCUT2D eigenvalue weighted by Gasteiger charge is 2.31. The Morgan fingerprint density at radius 3 is 2.71 bits per heavy atom. The van der Waals surface area contributed by atoms with Gasteiger partial charge in [-0.3, -0.25) is 0 Å². The third-order valence-corrected chi connectivity index (χ3v) is 1.66. The van der Waals surface area contributed by atoms with E-state index in [4.69, 9.17) is 0 Å².